The van der Waals surface area contributed by atoms with Crippen molar-refractivity contribution in [3.05, 3.63) is 23.9 Å². The van der Waals surface area contributed by atoms with Gasteiger partial charge in [-0.1, -0.05) is 12.8 Å². The molecule has 1 saturated carbocycles. The zero-order valence-electron chi connectivity index (χ0n) is 9.78. The molecule has 0 spiro atoms. The number of primary amides is 1. The third-order valence-corrected chi connectivity index (χ3v) is 3.39. The van der Waals surface area contributed by atoms with E-state index in [2.05, 4.69) is 10.3 Å². The van der Waals surface area contributed by atoms with E-state index in [1.165, 1.54) is 12.8 Å². The summed E-state index contributed by atoms with van der Waals surface area (Å²) in [5.74, 6) is 0.234. The molecule has 0 atom stereocenters. The van der Waals surface area contributed by atoms with Crippen molar-refractivity contribution >= 4 is 11.7 Å². The van der Waals surface area contributed by atoms with Gasteiger partial charge in [0.1, 0.15) is 5.82 Å². The van der Waals surface area contributed by atoms with E-state index in [1.807, 2.05) is 0 Å². The maximum atomic E-state index is 11.1. The quantitative estimate of drug-likeness (QED) is 0.720. The first-order chi connectivity index (χ1) is 8.15. The van der Waals surface area contributed by atoms with Gasteiger partial charge in [0.05, 0.1) is 5.54 Å². The number of pyridine rings is 1. The smallest absolute Gasteiger partial charge is 0.248 e. The molecule has 1 fully saturated rings. The highest BCUT2D eigenvalue weighted by atomic mass is 16.1. The lowest BCUT2D eigenvalue weighted by atomic mass is 9.98. The molecule has 0 radical (unpaired) electrons. The fourth-order valence-corrected chi connectivity index (χ4v) is 2.36. The van der Waals surface area contributed by atoms with Crippen molar-refractivity contribution in [2.75, 3.05) is 11.9 Å². The number of nitrogens with two attached hydrogens (primary N) is 2. The predicted molar refractivity (Wildman–Crippen MR) is 66.6 cm³/mol. The van der Waals surface area contributed by atoms with Gasteiger partial charge < -0.3 is 16.8 Å². The van der Waals surface area contributed by atoms with Gasteiger partial charge in [-0.05, 0) is 25.0 Å². The van der Waals surface area contributed by atoms with Gasteiger partial charge in [0.2, 0.25) is 5.91 Å². The van der Waals surface area contributed by atoms with Gasteiger partial charge in [0, 0.05) is 18.3 Å². The van der Waals surface area contributed by atoms with Crippen LogP contribution in [0.4, 0.5) is 5.82 Å². The van der Waals surface area contributed by atoms with Crippen molar-refractivity contribution in [3.63, 3.8) is 0 Å². The normalized spacial score (nSPS) is 17.9. The summed E-state index contributed by atoms with van der Waals surface area (Å²) in [6.45, 7) is 0.579. The van der Waals surface area contributed by atoms with Crippen LogP contribution in [0.3, 0.4) is 0 Å². The highest BCUT2D eigenvalue weighted by molar-refractivity contribution is 5.93. The lowest BCUT2D eigenvalue weighted by Gasteiger charge is -2.29. The lowest BCUT2D eigenvalue weighted by Crippen LogP contribution is -2.43. The van der Waals surface area contributed by atoms with Gasteiger partial charge in [-0.2, -0.15) is 0 Å². The molecule has 92 valence electrons. The highest BCUT2D eigenvalue weighted by Crippen LogP contribution is 2.31. The maximum Gasteiger partial charge on any atom is 0.248 e. The fraction of sp³-hybridized carbons (Fsp3) is 0.500. The molecule has 0 unspecified atom stereocenters. The second kappa shape index (κ2) is 4.71. The third kappa shape index (κ3) is 2.55. The molecule has 1 heterocycles. The highest BCUT2D eigenvalue weighted by Gasteiger charge is 2.32. The SMILES string of the molecule is NCC1(Nc2cc(C(N)=O)ccn2)CCCC1. The lowest BCUT2D eigenvalue weighted by molar-refractivity contribution is 0.1000. The van der Waals surface area contributed by atoms with Crippen LogP contribution in [0.5, 0.6) is 0 Å². The Labute approximate surface area is 101 Å². The molecular weight excluding hydrogens is 216 g/mol. The molecule has 2 rings (SSSR count). The van der Waals surface area contributed by atoms with Crippen LogP contribution in [-0.2, 0) is 0 Å². The Morgan fingerprint density at radius 1 is 1.47 bits per heavy atom. The predicted octanol–water partition coefficient (Wildman–Crippen LogP) is 0.864. The minimum Gasteiger partial charge on any atom is -0.366 e. The number of aromatic nitrogens is 1. The molecule has 0 saturated heterocycles. The first-order valence-corrected chi connectivity index (χ1v) is 5.89. The number of hydrogen-bond donors (Lipinski definition) is 3. The fourth-order valence-electron chi connectivity index (χ4n) is 2.36. The third-order valence-electron chi connectivity index (χ3n) is 3.39. The van der Waals surface area contributed by atoms with Crippen molar-refractivity contribution < 1.29 is 4.79 Å². The topological polar surface area (TPSA) is 94.0 Å². The molecule has 1 aliphatic carbocycles. The molecule has 0 aliphatic heterocycles. The van der Waals surface area contributed by atoms with E-state index in [-0.39, 0.29) is 5.54 Å². The average Bonchev–Trinajstić information content (AvgIpc) is 2.78. The van der Waals surface area contributed by atoms with Crippen LogP contribution in [0.15, 0.2) is 18.3 Å². The van der Waals surface area contributed by atoms with Gasteiger partial charge in [-0.25, -0.2) is 4.98 Å². The summed E-state index contributed by atoms with van der Waals surface area (Å²) in [5, 5.41) is 3.36. The van der Waals surface area contributed by atoms with E-state index in [1.54, 1.807) is 18.3 Å². The van der Waals surface area contributed by atoms with E-state index >= 15 is 0 Å². The molecule has 5 nitrogen and oxygen atoms in total. The Balaban J connectivity index is 2.17. The summed E-state index contributed by atoms with van der Waals surface area (Å²) in [5.41, 5.74) is 11.5. The van der Waals surface area contributed by atoms with Crippen LogP contribution >= 0.6 is 0 Å². The number of hydrogen-bond acceptors (Lipinski definition) is 4. The number of anilines is 1. The van der Waals surface area contributed by atoms with E-state index in [4.69, 9.17) is 11.5 Å². The summed E-state index contributed by atoms with van der Waals surface area (Å²) in [6, 6.07) is 3.29. The molecule has 1 aliphatic rings. The second-order valence-electron chi connectivity index (χ2n) is 4.61. The monoisotopic (exact) mass is 234 g/mol. The van der Waals surface area contributed by atoms with Crippen LogP contribution in [0.2, 0.25) is 0 Å². The number of carbonyl (C=O) groups is 1. The van der Waals surface area contributed by atoms with E-state index in [0.29, 0.717) is 17.9 Å². The molecule has 17 heavy (non-hydrogen) atoms. The van der Waals surface area contributed by atoms with Gasteiger partial charge >= 0.3 is 0 Å². The molecule has 1 aromatic rings. The van der Waals surface area contributed by atoms with Crippen LogP contribution < -0.4 is 16.8 Å². The van der Waals surface area contributed by atoms with Crippen LogP contribution in [0, 0.1) is 0 Å². The minimum atomic E-state index is -0.441. The number of rotatable bonds is 4. The Bertz CT molecular complexity index is 413. The van der Waals surface area contributed by atoms with E-state index < -0.39 is 5.91 Å². The van der Waals surface area contributed by atoms with E-state index in [0.717, 1.165) is 12.8 Å². The zero-order chi connectivity index (χ0) is 12.3. The molecule has 0 bridgehead atoms. The summed E-state index contributed by atoms with van der Waals surface area (Å²) in [6.07, 6.45) is 6.04. The largest absolute Gasteiger partial charge is 0.366 e. The number of nitrogens with zero attached hydrogens (tertiary/aromatic N) is 1. The van der Waals surface area contributed by atoms with Gasteiger partial charge in [0.25, 0.3) is 0 Å². The average molecular weight is 234 g/mol. The molecule has 0 aromatic carbocycles. The van der Waals surface area contributed by atoms with Crippen molar-refractivity contribution in [2.45, 2.75) is 31.2 Å². The minimum absolute atomic E-state index is 0.0662. The molecule has 5 heteroatoms. The van der Waals surface area contributed by atoms with E-state index in [9.17, 15) is 4.79 Å². The number of amides is 1. The standard InChI is InChI=1S/C12H18N4O/c13-8-12(4-1-2-5-12)16-10-7-9(11(14)17)3-6-15-10/h3,6-7H,1-2,4-5,8,13H2,(H2,14,17)(H,15,16). The molecule has 1 aromatic heterocycles. The summed E-state index contributed by atoms with van der Waals surface area (Å²) in [7, 11) is 0. The Morgan fingerprint density at radius 3 is 2.76 bits per heavy atom. The Hall–Kier alpha value is -1.62. The summed E-state index contributed by atoms with van der Waals surface area (Å²) < 4.78 is 0. The summed E-state index contributed by atoms with van der Waals surface area (Å²) >= 11 is 0. The number of carbonyl (C=O) groups excluding carboxylic acids is 1. The molecule has 5 N–H and O–H groups in total. The van der Waals surface area contributed by atoms with Crippen molar-refractivity contribution in [3.8, 4) is 0 Å². The second-order valence-corrected chi connectivity index (χ2v) is 4.61. The van der Waals surface area contributed by atoms with Crippen molar-refractivity contribution in [1.82, 2.24) is 4.98 Å². The number of nitrogens with one attached hydrogen (secondary N) is 1. The zero-order valence-corrected chi connectivity index (χ0v) is 9.78. The summed E-state index contributed by atoms with van der Waals surface area (Å²) in [4.78, 5) is 15.3. The van der Waals surface area contributed by atoms with Crippen LogP contribution in [0.25, 0.3) is 0 Å². The van der Waals surface area contributed by atoms with Crippen LogP contribution in [-0.4, -0.2) is 23.0 Å². The first-order valence-electron chi connectivity index (χ1n) is 5.89. The van der Waals surface area contributed by atoms with Crippen molar-refractivity contribution in [1.29, 1.82) is 0 Å². The van der Waals surface area contributed by atoms with Crippen LogP contribution in [0.1, 0.15) is 36.0 Å². The van der Waals surface area contributed by atoms with Gasteiger partial charge in [-0.15, -0.1) is 0 Å². The molecule has 1 amide bonds. The van der Waals surface area contributed by atoms with Gasteiger partial charge in [-0.3, -0.25) is 4.79 Å². The maximum absolute atomic E-state index is 11.1. The Morgan fingerprint density at radius 2 is 2.18 bits per heavy atom. The van der Waals surface area contributed by atoms with Crippen molar-refractivity contribution in [2.24, 2.45) is 11.5 Å². The first kappa shape index (κ1) is 11.9. The Kier molecular flexibility index (Phi) is 3.28. The van der Waals surface area contributed by atoms with Gasteiger partial charge in [0.15, 0.2) is 0 Å². The molecular formula is C12H18N4O.